The number of aldehydes is 1. The molecule has 0 bridgehead atoms. The van der Waals surface area contributed by atoms with Gasteiger partial charge in [-0.2, -0.15) is 5.10 Å². The van der Waals surface area contributed by atoms with Crippen LogP contribution >= 0.6 is 0 Å². The topological polar surface area (TPSA) is 55.3 Å². The molecule has 3 rings (SSSR count). The Balaban J connectivity index is 1.42. The fourth-order valence-corrected chi connectivity index (χ4v) is 3.03. The van der Waals surface area contributed by atoms with E-state index >= 15 is 0 Å². The van der Waals surface area contributed by atoms with Crippen LogP contribution in [-0.2, 0) is 0 Å². The predicted octanol–water partition coefficient (Wildman–Crippen LogP) is 3.28. The average molecular weight is 325 g/mol. The lowest BCUT2D eigenvalue weighted by molar-refractivity contribution is 0.112. The van der Waals surface area contributed by atoms with Crippen molar-refractivity contribution in [3.8, 4) is 5.75 Å². The molecule has 1 fully saturated rings. The summed E-state index contributed by atoms with van der Waals surface area (Å²) in [7, 11) is 0. The van der Waals surface area contributed by atoms with Crippen LogP contribution in [0.25, 0.3) is 0 Å². The second kappa shape index (κ2) is 7.90. The van der Waals surface area contributed by atoms with Crippen molar-refractivity contribution in [1.29, 1.82) is 0 Å². The smallest absolute Gasteiger partial charge is 0.151 e. The predicted molar refractivity (Wildman–Crippen MR) is 93.6 cm³/mol. The van der Waals surface area contributed by atoms with Gasteiger partial charge >= 0.3 is 0 Å². The van der Waals surface area contributed by atoms with Gasteiger partial charge in [-0.05, 0) is 56.4 Å². The highest BCUT2D eigenvalue weighted by molar-refractivity contribution is 5.75. The Bertz CT molecular complexity index is 665. The van der Waals surface area contributed by atoms with Crippen LogP contribution in [0.5, 0.6) is 5.75 Å². The van der Waals surface area contributed by atoms with Crippen molar-refractivity contribution >= 4 is 12.1 Å². The van der Waals surface area contributed by atoms with Crippen LogP contribution in [0, 0.1) is 12.8 Å². The number of aromatic nitrogens is 2. The Morgan fingerprint density at radius 2 is 2.04 bits per heavy atom. The average Bonchev–Trinajstić information content (AvgIpc) is 2.63. The zero-order valence-corrected chi connectivity index (χ0v) is 14.0. The van der Waals surface area contributed by atoms with Crippen molar-refractivity contribution in [3.63, 3.8) is 0 Å². The van der Waals surface area contributed by atoms with E-state index in [2.05, 4.69) is 15.1 Å². The number of hydrogen-bond donors (Lipinski definition) is 0. The van der Waals surface area contributed by atoms with E-state index in [0.29, 0.717) is 18.1 Å². The summed E-state index contributed by atoms with van der Waals surface area (Å²) in [5.74, 6) is 2.42. The molecule has 0 aliphatic carbocycles. The first-order valence-corrected chi connectivity index (χ1v) is 8.48. The zero-order valence-electron chi connectivity index (χ0n) is 14.0. The number of nitrogens with zero attached hydrogens (tertiary/aromatic N) is 3. The largest absolute Gasteiger partial charge is 0.494 e. The maximum atomic E-state index is 10.8. The van der Waals surface area contributed by atoms with Gasteiger partial charge in [0.2, 0.25) is 0 Å². The molecule has 2 heterocycles. The molecule has 24 heavy (non-hydrogen) atoms. The van der Waals surface area contributed by atoms with Crippen LogP contribution in [0.1, 0.15) is 35.3 Å². The number of rotatable bonds is 6. The van der Waals surface area contributed by atoms with E-state index in [0.717, 1.165) is 55.9 Å². The third-order valence-corrected chi connectivity index (χ3v) is 4.51. The molecule has 1 aromatic heterocycles. The first-order valence-electron chi connectivity index (χ1n) is 8.48. The van der Waals surface area contributed by atoms with Gasteiger partial charge in [-0.3, -0.25) is 4.79 Å². The van der Waals surface area contributed by atoms with Gasteiger partial charge in [0.1, 0.15) is 12.0 Å². The lowest BCUT2D eigenvalue weighted by Gasteiger charge is -2.32. The molecule has 0 N–H and O–H groups in total. The van der Waals surface area contributed by atoms with Crippen molar-refractivity contribution in [1.82, 2.24) is 10.2 Å². The number of aryl methyl sites for hydroxylation is 1. The minimum Gasteiger partial charge on any atom is -0.494 e. The highest BCUT2D eigenvalue weighted by atomic mass is 16.5. The molecule has 1 aliphatic heterocycles. The monoisotopic (exact) mass is 325 g/mol. The fourth-order valence-electron chi connectivity index (χ4n) is 3.03. The molecule has 0 radical (unpaired) electrons. The van der Waals surface area contributed by atoms with Crippen LogP contribution in [0.3, 0.4) is 0 Å². The second-order valence-electron chi connectivity index (χ2n) is 6.29. The van der Waals surface area contributed by atoms with Crippen LogP contribution in [0.15, 0.2) is 36.4 Å². The van der Waals surface area contributed by atoms with Crippen molar-refractivity contribution in [3.05, 3.63) is 47.7 Å². The van der Waals surface area contributed by atoms with Crippen LogP contribution in [0.4, 0.5) is 5.82 Å². The van der Waals surface area contributed by atoms with Crippen LogP contribution < -0.4 is 9.64 Å². The van der Waals surface area contributed by atoms with Gasteiger partial charge in [-0.1, -0.05) is 12.1 Å². The quantitative estimate of drug-likeness (QED) is 0.763. The molecule has 0 atom stereocenters. The van der Waals surface area contributed by atoms with Gasteiger partial charge in [0.05, 0.1) is 12.3 Å². The molecular formula is C19H23N3O2. The summed E-state index contributed by atoms with van der Waals surface area (Å²) in [5, 5.41) is 8.40. The number of ether oxygens (including phenoxy) is 1. The summed E-state index contributed by atoms with van der Waals surface area (Å²) in [5.41, 5.74) is 1.60. The van der Waals surface area contributed by atoms with Crippen molar-refractivity contribution < 1.29 is 9.53 Å². The van der Waals surface area contributed by atoms with Crippen LogP contribution in [-0.4, -0.2) is 36.2 Å². The molecule has 0 saturated carbocycles. The summed E-state index contributed by atoms with van der Waals surface area (Å²) < 4.78 is 5.78. The Kier molecular flexibility index (Phi) is 5.41. The van der Waals surface area contributed by atoms with E-state index in [9.17, 15) is 4.79 Å². The molecule has 1 saturated heterocycles. The van der Waals surface area contributed by atoms with E-state index < -0.39 is 0 Å². The Hall–Kier alpha value is -2.43. The Morgan fingerprint density at radius 3 is 2.75 bits per heavy atom. The lowest BCUT2D eigenvalue weighted by Crippen LogP contribution is -2.34. The van der Waals surface area contributed by atoms with Crippen molar-refractivity contribution in [2.75, 3.05) is 24.6 Å². The molecule has 126 valence electrons. The lowest BCUT2D eigenvalue weighted by atomic mass is 9.94. The number of carbonyl (C=O) groups is 1. The summed E-state index contributed by atoms with van der Waals surface area (Å²) in [6.07, 6.45) is 4.18. The molecule has 0 unspecified atom stereocenters. The molecular weight excluding hydrogens is 302 g/mol. The molecule has 1 aromatic carbocycles. The highest BCUT2D eigenvalue weighted by Gasteiger charge is 2.20. The third-order valence-electron chi connectivity index (χ3n) is 4.51. The zero-order chi connectivity index (χ0) is 16.8. The van der Waals surface area contributed by atoms with E-state index in [4.69, 9.17) is 4.74 Å². The Labute approximate surface area is 142 Å². The maximum Gasteiger partial charge on any atom is 0.151 e. The molecule has 1 aliphatic rings. The van der Waals surface area contributed by atoms with E-state index in [1.54, 1.807) is 12.1 Å². The molecule has 5 nitrogen and oxygen atoms in total. The minimum atomic E-state index is 0.653. The van der Waals surface area contributed by atoms with Crippen LogP contribution in [0.2, 0.25) is 0 Å². The summed E-state index contributed by atoms with van der Waals surface area (Å²) >= 11 is 0. The Morgan fingerprint density at radius 1 is 1.21 bits per heavy atom. The molecule has 0 spiro atoms. The number of anilines is 1. The normalized spacial score (nSPS) is 15.3. The fraction of sp³-hybridized carbons (Fsp3) is 0.421. The van der Waals surface area contributed by atoms with E-state index in [-0.39, 0.29) is 0 Å². The van der Waals surface area contributed by atoms with Crippen molar-refractivity contribution in [2.45, 2.75) is 26.2 Å². The number of piperidine rings is 1. The van der Waals surface area contributed by atoms with Gasteiger partial charge in [-0.25, -0.2) is 0 Å². The highest BCUT2D eigenvalue weighted by Crippen LogP contribution is 2.24. The SMILES string of the molecule is Cc1ccc(N2CCC(CCOc3cccc(C=O)c3)CC2)nn1. The third kappa shape index (κ3) is 4.31. The summed E-state index contributed by atoms with van der Waals surface area (Å²) in [4.78, 5) is 13.1. The van der Waals surface area contributed by atoms with Gasteiger partial charge < -0.3 is 9.64 Å². The van der Waals surface area contributed by atoms with Crippen molar-refractivity contribution in [2.24, 2.45) is 5.92 Å². The van der Waals surface area contributed by atoms with Gasteiger partial charge in [0.25, 0.3) is 0 Å². The van der Waals surface area contributed by atoms with Gasteiger partial charge in [0.15, 0.2) is 5.82 Å². The van der Waals surface area contributed by atoms with E-state index in [1.165, 1.54) is 0 Å². The molecule has 5 heteroatoms. The number of carbonyl (C=O) groups excluding carboxylic acids is 1. The first-order chi connectivity index (χ1) is 11.7. The summed E-state index contributed by atoms with van der Waals surface area (Å²) in [6, 6.07) is 11.4. The van der Waals surface area contributed by atoms with E-state index in [1.807, 2.05) is 31.2 Å². The van der Waals surface area contributed by atoms with Gasteiger partial charge in [-0.15, -0.1) is 5.10 Å². The van der Waals surface area contributed by atoms with Gasteiger partial charge in [0, 0.05) is 18.7 Å². The number of hydrogen-bond acceptors (Lipinski definition) is 5. The first kappa shape index (κ1) is 16.4. The summed E-state index contributed by atoms with van der Waals surface area (Å²) in [6.45, 7) is 4.68. The molecule has 2 aromatic rings. The second-order valence-corrected chi connectivity index (χ2v) is 6.29. The number of benzene rings is 1. The molecule has 0 amide bonds. The standard InChI is InChI=1S/C19H23N3O2/c1-15-5-6-19(21-20-15)22-10-7-16(8-11-22)9-12-24-18-4-2-3-17(13-18)14-23/h2-6,13-14,16H,7-12H2,1H3. The maximum absolute atomic E-state index is 10.8. The minimum absolute atomic E-state index is 0.653.